The zero-order valence-corrected chi connectivity index (χ0v) is 12.3. The lowest BCUT2D eigenvalue weighted by molar-refractivity contribution is 0.627. The molecule has 0 saturated carbocycles. The van der Waals surface area contributed by atoms with Gasteiger partial charge in [0.2, 0.25) is 0 Å². The number of hydrogen-bond acceptors (Lipinski definition) is 2. The van der Waals surface area contributed by atoms with E-state index in [1.807, 2.05) is 6.07 Å². The van der Waals surface area contributed by atoms with E-state index in [1.54, 1.807) is 24.3 Å². The van der Waals surface area contributed by atoms with Gasteiger partial charge in [-0.3, -0.25) is 0 Å². The van der Waals surface area contributed by atoms with Gasteiger partial charge in [0.25, 0.3) is 0 Å². The lowest BCUT2D eigenvalue weighted by atomic mass is 10.2. The van der Waals surface area contributed by atoms with Crippen LogP contribution in [-0.2, 0) is 6.54 Å². The summed E-state index contributed by atoms with van der Waals surface area (Å²) in [5.41, 5.74) is 2.89. The van der Waals surface area contributed by atoms with Crippen LogP contribution < -0.4 is 16.3 Å². The summed E-state index contributed by atoms with van der Waals surface area (Å²) in [6, 6.07) is 11.6. The van der Waals surface area contributed by atoms with Crippen molar-refractivity contribution in [1.29, 1.82) is 0 Å². The third kappa shape index (κ3) is 3.32. The molecule has 7 heteroatoms. The minimum Gasteiger partial charge on any atom is -0.358 e. The second-order valence-corrected chi connectivity index (χ2v) is 5.18. The summed E-state index contributed by atoms with van der Waals surface area (Å²) in [7, 11) is 0. The van der Waals surface area contributed by atoms with Crippen molar-refractivity contribution >= 4 is 34.1 Å². The average molecular weight is 316 g/mol. The number of anilines is 1. The maximum Gasteiger partial charge on any atom is 0.323 e. The minimum absolute atomic E-state index is 0.246. The maximum atomic E-state index is 12.8. The summed E-state index contributed by atoms with van der Waals surface area (Å²) >= 11 is 5.21. The highest BCUT2D eigenvalue weighted by atomic mass is 32.1. The van der Waals surface area contributed by atoms with Gasteiger partial charge >= 0.3 is 5.69 Å². The van der Waals surface area contributed by atoms with Crippen molar-refractivity contribution in [2.24, 2.45) is 0 Å². The van der Waals surface area contributed by atoms with Crippen LogP contribution in [0.1, 0.15) is 5.56 Å². The standard InChI is InChI=1S/C15H13FN4OS/c16-10-3-1-9(2-4-10)8-17-15(22)18-11-5-6-12-13(7-11)20-14(21)19-12/h1-7H,8H2,(H2,17,18,22)(H2,19,20,21). The zero-order chi connectivity index (χ0) is 15.5. The molecule has 3 aromatic rings. The van der Waals surface area contributed by atoms with Gasteiger partial charge in [-0.25, -0.2) is 9.18 Å². The first kappa shape index (κ1) is 14.3. The Morgan fingerprint density at radius 3 is 2.59 bits per heavy atom. The fourth-order valence-corrected chi connectivity index (χ4v) is 2.26. The summed E-state index contributed by atoms with van der Waals surface area (Å²) in [5.74, 6) is -0.266. The number of rotatable bonds is 3. The molecule has 22 heavy (non-hydrogen) atoms. The van der Waals surface area contributed by atoms with E-state index in [4.69, 9.17) is 12.2 Å². The molecule has 0 aliphatic rings. The van der Waals surface area contributed by atoms with Gasteiger partial charge in [0, 0.05) is 12.2 Å². The quantitative estimate of drug-likeness (QED) is 0.560. The van der Waals surface area contributed by atoms with Crippen molar-refractivity contribution in [3.8, 4) is 0 Å². The van der Waals surface area contributed by atoms with Crippen LogP contribution in [0.25, 0.3) is 11.0 Å². The van der Waals surface area contributed by atoms with Crippen LogP contribution in [0.3, 0.4) is 0 Å². The van der Waals surface area contributed by atoms with Gasteiger partial charge in [0.1, 0.15) is 5.82 Å². The van der Waals surface area contributed by atoms with Crippen LogP contribution in [0.4, 0.5) is 10.1 Å². The highest BCUT2D eigenvalue weighted by Crippen LogP contribution is 2.14. The number of aromatic nitrogens is 2. The zero-order valence-electron chi connectivity index (χ0n) is 11.4. The predicted molar refractivity (Wildman–Crippen MR) is 88.4 cm³/mol. The third-order valence-corrected chi connectivity index (χ3v) is 3.39. The second-order valence-electron chi connectivity index (χ2n) is 4.77. The van der Waals surface area contributed by atoms with Crippen LogP contribution in [0.5, 0.6) is 0 Å². The van der Waals surface area contributed by atoms with Crippen LogP contribution in [-0.4, -0.2) is 15.1 Å². The van der Waals surface area contributed by atoms with Gasteiger partial charge in [0.05, 0.1) is 11.0 Å². The molecular weight excluding hydrogens is 303 g/mol. The Morgan fingerprint density at radius 2 is 1.82 bits per heavy atom. The Kier molecular flexibility index (Phi) is 3.88. The van der Waals surface area contributed by atoms with Gasteiger partial charge < -0.3 is 20.6 Å². The van der Waals surface area contributed by atoms with Crippen molar-refractivity contribution in [3.05, 3.63) is 64.3 Å². The number of benzene rings is 2. The first-order chi connectivity index (χ1) is 10.6. The number of halogens is 1. The monoisotopic (exact) mass is 316 g/mol. The molecule has 0 spiro atoms. The fraction of sp³-hybridized carbons (Fsp3) is 0.0667. The van der Waals surface area contributed by atoms with E-state index in [9.17, 15) is 9.18 Å². The summed E-state index contributed by atoms with van der Waals surface area (Å²) in [6.45, 7) is 0.495. The Hall–Kier alpha value is -2.67. The molecule has 5 nitrogen and oxygen atoms in total. The molecule has 0 unspecified atom stereocenters. The predicted octanol–water partition coefficient (Wildman–Crippen LogP) is 2.48. The van der Waals surface area contributed by atoms with Crippen molar-refractivity contribution in [3.63, 3.8) is 0 Å². The number of hydrogen-bond donors (Lipinski definition) is 4. The first-order valence-corrected chi connectivity index (χ1v) is 7.02. The minimum atomic E-state index is -0.266. The van der Waals surface area contributed by atoms with E-state index < -0.39 is 0 Å². The van der Waals surface area contributed by atoms with Gasteiger partial charge in [-0.1, -0.05) is 12.1 Å². The topological polar surface area (TPSA) is 72.7 Å². The molecule has 4 N–H and O–H groups in total. The van der Waals surface area contributed by atoms with Gasteiger partial charge in [-0.2, -0.15) is 0 Å². The Bertz CT molecular complexity index is 869. The van der Waals surface area contributed by atoms with Gasteiger partial charge in [0.15, 0.2) is 5.11 Å². The van der Waals surface area contributed by atoms with E-state index in [-0.39, 0.29) is 11.5 Å². The van der Waals surface area contributed by atoms with Crippen molar-refractivity contribution in [1.82, 2.24) is 15.3 Å². The molecule has 3 rings (SSSR count). The number of imidazole rings is 1. The molecule has 0 saturated heterocycles. The average Bonchev–Trinajstić information content (AvgIpc) is 2.86. The molecule has 0 fully saturated rings. The van der Waals surface area contributed by atoms with Crippen LogP contribution in [0.15, 0.2) is 47.3 Å². The summed E-state index contributed by atoms with van der Waals surface area (Å²) in [6.07, 6.45) is 0. The van der Waals surface area contributed by atoms with Gasteiger partial charge in [-0.05, 0) is 48.1 Å². The van der Waals surface area contributed by atoms with E-state index in [0.29, 0.717) is 17.2 Å². The number of fused-ring (bicyclic) bond motifs is 1. The molecular formula is C15H13FN4OS. The Balaban J connectivity index is 1.62. The van der Waals surface area contributed by atoms with Crippen LogP contribution in [0, 0.1) is 5.82 Å². The lowest BCUT2D eigenvalue weighted by Crippen LogP contribution is -2.27. The normalized spacial score (nSPS) is 10.6. The molecule has 112 valence electrons. The number of aromatic amines is 2. The highest BCUT2D eigenvalue weighted by Gasteiger charge is 2.02. The maximum absolute atomic E-state index is 12.8. The molecule has 0 radical (unpaired) electrons. The van der Waals surface area contributed by atoms with E-state index >= 15 is 0 Å². The summed E-state index contributed by atoms with van der Waals surface area (Å²) in [4.78, 5) is 16.6. The number of thiocarbonyl (C=S) groups is 1. The van der Waals surface area contributed by atoms with Gasteiger partial charge in [-0.15, -0.1) is 0 Å². The summed E-state index contributed by atoms with van der Waals surface area (Å²) < 4.78 is 12.8. The first-order valence-electron chi connectivity index (χ1n) is 6.61. The Morgan fingerprint density at radius 1 is 1.09 bits per heavy atom. The molecule has 0 amide bonds. The molecule has 1 heterocycles. The molecule has 2 aromatic carbocycles. The van der Waals surface area contributed by atoms with Crippen molar-refractivity contribution < 1.29 is 4.39 Å². The Labute approximate surface area is 130 Å². The summed E-state index contributed by atoms with van der Waals surface area (Å²) in [5, 5.41) is 6.52. The third-order valence-electron chi connectivity index (χ3n) is 3.14. The number of nitrogens with one attached hydrogen (secondary N) is 4. The lowest BCUT2D eigenvalue weighted by Gasteiger charge is -2.10. The van der Waals surface area contributed by atoms with E-state index in [1.165, 1.54) is 12.1 Å². The van der Waals surface area contributed by atoms with Crippen molar-refractivity contribution in [2.45, 2.75) is 6.54 Å². The fourth-order valence-electron chi connectivity index (χ4n) is 2.07. The van der Waals surface area contributed by atoms with Crippen LogP contribution in [0.2, 0.25) is 0 Å². The second kappa shape index (κ2) is 5.98. The molecule has 0 bridgehead atoms. The van der Waals surface area contributed by atoms with E-state index in [2.05, 4.69) is 20.6 Å². The number of H-pyrrole nitrogens is 2. The highest BCUT2D eigenvalue weighted by molar-refractivity contribution is 7.80. The molecule has 0 aliphatic carbocycles. The molecule has 0 aliphatic heterocycles. The van der Waals surface area contributed by atoms with Crippen molar-refractivity contribution in [2.75, 3.05) is 5.32 Å². The molecule has 1 aromatic heterocycles. The van der Waals surface area contributed by atoms with E-state index in [0.717, 1.165) is 16.8 Å². The largest absolute Gasteiger partial charge is 0.358 e. The van der Waals surface area contributed by atoms with Crippen LogP contribution >= 0.6 is 12.2 Å². The SMILES string of the molecule is O=c1[nH]c2ccc(NC(=S)NCc3ccc(F)cc3)cc2[nH]1. The smallest absolute Gasteiger partial charge is 0.323 e. The molecule has 0 atom stereocenters.